The lowest BCUT2D eigenvalue weighted by molar-refractivity contribution is 0.471. The van der Waals surface area contributed by atoms with Gasteiger partial charge in [-0.1, -0.05) is 0 Å². The van der Waals surface area contributed by atoms with Crippen LogP contribution < -0.4 is 5.32 Å². The number of aromatic hydroxyl groups is 1. The van der Waals surface area contributed by atoms with Crippen LogP contribution in [0, 0.1) is 13.8 Å². The molecule has 0 aromatic heterocycles. The molecular weight excluding hydrogens is 150 g/mol. The second-order valence-corrected chi connectivity index (χ2v) is 2.98. The maximum Gasteiger partial charge on any atom is 0.118 e. The van der Waals surface area contributed by atoms with Gasteiger partial charge in [-0.15, -0.1) is 0 Å². The van der Waals surface area contributed by atoms with Crippen molar-refractivity contribution in [2.24, 2.45) is 0 Å². The molecule has 0 atom stereocenters. The van der Waals surface area contributed by atoms with E-state index in [0.717, 1.165) is 23.4 Å². The van der Waals surface area contributed by atoms with Crippen LogP contribution in [0.25, 0.3) is 0 Å². The Labute approximate surface area is 73.2 Å². The Hall–Kier alpha value is -1.18. The van der Waals surface area contributed by atoms with Gasteiger partial charge in [0.25, 0.3) is 0 Å². The summed E-state index contributed by atoms with van der Waals surface area (Å²) in [4.78, 5) is 0. The first-order valence-electron chi connectivity index (χ1n) is 4.19. The van der Waals surface area contributed by atoms with E-state index in [4.69, 9.17) is 0 Å². The SMILES string of the molecule is CCNc1cc(C)c(O)cc1C. The molecule has 0 saturated heterocycles. The molecule has 0 fully saturated rings. The topological polar surface area (TPSA) is 32.3 Å². The molecule has 66 valence electrons. The number of nitrogens with one attached hydrogen (secondary N) is 1. The summed E-state index contributed by atoms with van der Waals surface area (Å²) in [6.45, 7) is 6.85. The first-order chi connectivity index (χ1) is 5.65. The predicted octanol–water partition coefficient (Wildman–Crippen LogP) is 2.44. The number of hydrogen-bond acceptors (Lipinski definition) is 2. The van der Waals surface area contributed by atoms with Crippen molar-refractivity contribution in [1.29, 1.82) is 0 Å². The van der Waals surface area contributed by atoms with Gasteiger partial charge in [-0.2, -0.15) is 0 Å². The molecule has 0 amide bonds. The molecule has 1 aromatic rings. The van der Waals surface area contributed by atoms with Crippen LogP contribution in [-0.4, -0.2) is 11.7 Å². The van der Waals surface area contributed by atoms with Crippen LogP contribution in [-0.2, 0) is 0 Å². The van der Waals surface area contributed by atoms with Gasteiger partial charge < -0.3 is 10.4 Å². The van der Waals surface area contributed by atoms with Crippen LogP contribution in [0.5, 0.6) is 5.75 Å². The van der Waals surface area contributed by atoms with E-state index in [1.54, 1.807) is 6.07 Å². The number of phenolic OH excluding ortho intramolecular Hbond substituents is 1. The van der Waals surface area contributed by atoms with E-state index >= 15 is 0 Å². The summed E-state index contributed by atoms with van der Waals surface area (Å²) in [6, 6.07) is 3.75. The van der Waals surface area contributed by atoms with Gasteiger partial charge in [0.15, 0.2) is 0 Å². The normalized spacial score (nSPS) is 9.92. The summed E-state index contributed by atoms with van der Waals surface area (Å²) in [7, 11) is 0. The van der Waals surface area contributed by atoms with Crippen molar-refractivity contribution in [2.45, 2.75) is 20.8 Å². The molecule has 0 spiro atoms. The number of hydrogen-bond donors (Lipinski definition) is 2. The van der Waals surface area contributed by atoms with Crippen LogP contribution >= 0.6 is 0 Å². The molecule has 0 bridgehead atoms. The maximum atomic E-state index is 9.36. The van der Waals surface area contributed by atoms with Gasteiger partial charge in [-0.05, 0) is 44.0 Å². The Morgan fingerprint density at radius 3 is 2.50 bits per heavy atom. The number of anilines is 1. The van der Waals surface area contributed by atoms with Crippen molar-refractivity contribution in [2.75, 3.05) is 11.9 Å². The minimum Gasteiger partial charge on any atom is -0.508 e. The lowest BCUT2D eigenvalue weighted by atomic mass is 10.1. The van der Waals surface area contributed by atoms with Crippen LogP contribution in [0.3, 0.4) is 0 Å². The highest BCUT2D eigenvalue weighted by atomic mass is 16.3. The van der Waals surface area contributed by atoms with Gasteiger partial charge in [0.05, 0.1) is 0 Å². The summed E-state index contributed by atoms with van der Waals surface area (Å²) in [5.74, 6) is 0.370. The smallest absolute Gasteiger partial charge is 0.118 e. The van der Waals surface area contributed by atoms with E-state index in [1.807, 2.05) is 19.9 Å². The minimum absolute atomic E-state index is 0.370. The fourth-order valence-electron chi connectivity index (χ4n) is 1.18. The number of benzene rings is 1. The highest BCUT2D eigenvalue weighted by Crippen LogP contribution is 2.24. The third-order valence-electron chi connectivity index (χ3n) is 1.91. The van der Waals surface area contributed by atoms with E-state index in [-0.39, 0.29) is 0 Å². The third-order valence-corrected chi connectivity index (χ3v) is 1.91. The van der Waals surface area contributed by atoms with Crippen molar-refractivity contribution in [3.05, 3.63) is 23.3 Å². The first kappa shape index (κ1) is 8.91. The van der Waals surface area contributed by atoms with E-state index in [0.29, 0.717) is 5.75 Å². The van der Waals surface area contributed by atoms with E-state index < -0.39 is 0 Å². The number of phenols is 1. The Kier molecular flexibility index (Phi) is 2.58. The van der Waals surface area contributed by atoms with Crippen molar-refractivity contribution >= 4 is 5.69 Å². The first-order valence-corrected chi connectivity index (χ1v) is 4.19. The van der Waals surface area contributed by atoms with Crippen molar-refractivity contribution < 1.29 is 5.11 Å². The zero-order valence-corrected chi connectivity index (χ0v) is 7.81. The standard InChI is InChI=1S/C10H15NO/c1-4-11-9-5-8(3)10(12)6-7(9)2/h5-6,11-12H,4H2,1-3H3. The Balaban J connectivity index is 3.05. The van der Waals surface area contributed by atoms with Gasteiger partial charge in [0, 0.05) is 12.2 Å². The Morgan fingerprint density at radius 2 is 1.92 bits per heavy atom. The Morgan fingerprint density at radius 1 is 1.25 bits per heavy atom. The van der Waals surface area contributed by atoms with E-state index in [1.165, 1.54) is 0 Å². The lowest BCUT2D eigenvalue weighted by Gasteiger charge is -2.09. The van der Waals surface area contributed by atoms with Gasteiger partial charge in [-0.3, -0.25) is 0 Å². The molecule has 0 saturated carbocycles. The molecule has 0 unspecified atom stereocenters. The zero-order chi connectivity index (χ0) is 9.14. The van der Waals surface area contributed by atoms with Gasteiger partial charge >= 0.3 is 0 Å². The fourth-order valence-corrected chi connectivity index (χ4v) is 1.18. The third kappa shape index (κ3) is 1.70. The van der Waals surface area contributed by atoms with Crippen molar-refractivity contribution in [3.63, 3.8) is 0 Å². The molecule has 0 aliphatic heterocycles. The zero-order valence-electron chi connectivity index (χ0n) is 7.81. The highest BCUT2D eigenvalue weighted by molar-refractivity contribution is 5.56. The average Bonchev–Trinajstić information content (AvgIpc) is 2.01. The predicted molar refractivity (Wildman–Crippen MR) is 51.7 cm³/mol. The molecule has 0 heterocycles. The van der Waals surface area contributed by atoms with Crippen molar-refractivity contribution in [3.8, 4) is 5.75 Å². The van der Waals surface area contributed by atoms with E-state index in [2.05, 4.69) is 12.2 Å². The summed E-state index contributed by atoms with van der Waals surface area (Å²) in [6.07, 6.45) is 0. The molecular formula is C10H15NO. The van der Waals surface area contributed by atoms with E-state index in [9.17, 15) is 5.11 Å². The van der Waals surface area contributed by atoms with Crippen LogP contribution in [0.1, 0.15) is 18.1 Å². The van der Waals surface area contributed by atoms with Gasteiger partial charge in [-0.25, -0.2) is 0 Å². The largest absolute Gasteiger partial charge is 0.508 e. The van der Waals surface area contributed by atoms with Crippen LogP contribution in [0.2, 0.25) is 0 Å². The van der Waals surface area contributed by atoms with Crippen molar-refractivity contribution in [1.82, 2.24) is 0 Å². The second-order valence-electron chi connectivity index (χ2n) is 2.98. The second kappa shape index (κ2) is 3.48. The fraction of sp³-hybridized carbons (Fsp3) is 0.400. The van der Waals surface area contributed by atoms with Crippen LogP contribution in [0.4, 0.5) is 5.69 Å². The quantitative estimate of drug-likeness (QED) is 0.660. The summed E-state index contributed by atoms with van der Waals surface area (Å²) in [5, 5.41) is 12.6. The lowest BCUT2D eigenvalue weighted by Crippen LogP contribution is -1.98. The van der Waals surface area contributed by atoms with Crippen LogP contribution in [0.15, 0.2) is 12.1 Å². The van der Waals surface area contributed by atoms with Gasteiger partial charge in [0.1, 0.15) is 5.75 Å². The molecule has 1 aromatic carbocycles. The maximum absolute atomic E-state index is 9.36. The molecule has 0 radical (unpaired) electrons. The molecule has 1 rings (SSSR count). The molecule has 2 heteroatoms. The average molecular weight is 165 g/mol. The molecule has 2 nitrogen and oxygen atoms in total. The number of rotatable bonds is 2. The summed E-state index contributed by atoms with van der Waals surface area (Å²) in [5.41, 5.74) is 3.10. The summed E-state index contributed by atoms with van der Waals surface area (Å²) < 4.78 is 0. The molecule has 0 aliphatic rings. The monoisotopic (exact) mass is 165 g/mol. The minimum atomic E-state index is 0.370. The summed E-state index contributed by atoms with van der Waals surface area (Å²) >= 11 is 0. The molecule has 0 aliphatic carbocycles. The Bertz CT molecular complexity index is 281. The number of aryl methyl sites for hydroxylation is 2. The van der Waals surface area contributed by atoms with Gasteiger partial charge in [0.2, 0.25) is 0 Å². The molecule has 12 heavy (non-hydrogen) atoms. The molecule has 2 N–H and O–H groups in total. The highest BCUT2D eigenvalue weighted by Gasteiger charge is 2.01.